The first-order chi connectivity index (χ1) is 12.4. The number of hydrogen-bond donors (Lipinski definition) is 1. The van der Waals surface area contributed by atoms with Gasteiger partial charge in [0.05, 0.1) is 26.3 Å². The minimum absolute atomic E-state index is 0.0142. The van der Waals surface area contributed by atoms with Gasteiger partial charge in [0.25, 0.3) is 5.69 Å². The van der Waals surface area contributed by atoms with Gasteiger partial charge in [-0.05, 0) is 23.8 Å². The molecule has 2 aromatic carbocycles. The van der Waals surface area contributed by atoms with Crippen LogP contribution in [0, 0.1) is 10.1 Å². The number of non-ortho nitro benzene ring substituents is 1. The number of carbonyl (C=O) groups excluding carboxylic acids is 1. The highest BCUT2D eigenvalue weighted by atomic mass is 16.6. The molecule has 0 spiro atoms. The van der Waals surface area contributed by atoms with Crippen LogP contribution < -0.4 is 14.2 Å². The number of nitro benzene ring substituents is 1. The van der Waals surface area contributed by atoms with Gasteiger partial charge in [0.1, 0.15) is 11.3 Å². The molecule has 0 aliphatic carbocycles. The molecule has 0 aliphatic heterocycles. The summed E-state index contributed by atoms with van der Waals surface area (Å²) in [5, 5.41) is 21.0. The smallest absolute Gasteiger partial charge is 0.269 e. The Hall–Kier alpha value is -3.55. The maximum absolute atomic E-state index is 12.5. The van der Waals surface area contributed by atoms with Crippen molar-refractivity contribution < 1.29 is 29.0 Å². The number of hydrogen-bond acceptors (Lipinski definition) is 7. The van der Waals surface area contributed by atoms with Gasteiger partial charge in [-0.3, -0.25) is 14.9 Å². The van der Waals surface area contributed by atoms with E-state index in [0.29, 0.717) is 5.56 Å². The number of methoxy groups -OCH3 is 3. The zero-order valence-corrected chi connectivity index (χ0v) is 14.4. The van der Waals surface area contributed by atoms with Crippen molar-refractivity contribution in [3.63, 3.8) is 0 Å². The fourth-order valence-electron chi connectivity index (χ4n) is 2.31. The lowest BCUT2D eigenvalue weighted by Crippen LogP contribution is -2.03. The molecule has 2 rings (SSSR count). The SMILES string of the molecule is COc1cc(OC)c(C(=O)/C=C/c2ccc([N+](=O)[O-])cc2)c(O)c1OC. The van der Waals surface area contributed by atoms with Crippen molar-refractivity contribution in [1.29, 1.82) is 0 Å². The van der Waals surface area contributed by atoms with Crippen molar-refractivity contribution in [2.45, 2.75) is 0 Å². The first-order valence-electron chi connectivity index (χ1n) is 7.41. The van der Waals surface area contributed by atoms with E-state index in [1.807, 2.05) is 0 Å². The average molecular weight is 359 g/mol. The van der Waals surface area contributed by atoms with E-state index >= 15 is 0 Å². The van der Waals surface area contributed by atoms with E-state index in [9.17, 15) is 20.0 Å². The van der Waals surface area contributed by atoms with Gasteiger partial charge in [0.15, 0.2) is 17.3 Å². The van der Waals surface area contributed by atoms with E-state index in [2.05, 4.69) is 0 Å². The standard InChI is InChI=1S/C18H17NO7/c1-24-14-10-15(25-2)18(26-3)17(21)16(14)13(20)9-6-11-4-7-12(8-5-11)19(22)23/h4-10,21H,1-3H3/b9-6+. The van der Waals surface area contributed by atoms with Crippen molar-refractivity contribution in [2.24, 2.45) is 0 Å². The second-order valence-corrected chi connectivity index (χ2v) is 5.08. The van der Waals surface area contributed by atoms with Crippen molar-refractivity contribution in [1.82, 2.24) is 0 Å². The predicted molar refractivity (Wildman–Crippen MR) is 94.2 cm³/mol. The number of rotatable bonds is 7. The van der Waals surface area contributed by atoms with E-state index in [1.54, 1.807) is 0 Å². The average Bonchev–Trinajstić information content (AvgIpc) is 2.65. The number of nitro groups is 1. The molecule has 136 valence electrons. The van der Waals surface area contributed by atoms with Crippen molar-refractivity contribution in [2.75, 3.05) is 21.3 Å². The summed E-state index contributed by atoms with van der Waals surface area (Å²) in [5.74, 6) is -0.572. The van der Waals surface area contributed by atoms with Crippen LogP contribution in [0.25, 0.3) is 6.08 Å². The van der Waals surface area contributed by atoms with Gasteiger partial charge < -0.3 is 19.3 Å². The van der Waals surface area contributed by atoms with Crippen LogP contribution in [-0.2, 0) is 0 Å². The molecule has 0 fully saturated rings. The summed E-state index contributed by atoms with van der Waals surface area (Å²) in [6.45, 7) is 0. The molecule has 0 aromatic heterocycles. The number of aromatic hydroxyl groups is 1. The Bertz CT molecular complexity index is 857. The number of allylic oxidation sites excluding steroid dienone is 1. The third-order valence-electron chi connectivity index (χ3n) is 3.61. The number of carbonyl (C=O) groups is 1. The Morgan fingerprint density at radius 1 is 1.08 bits per heavy atom. The van der Waals surface area contributed by atoms with E-state index in [-0.39, 0.29) is 28.5 Å². The normalized spacial score (nSPS) is 10.6. The molecular formula is C18H17NO7. The zero-order valence-electron chi connectivity index (χ0n) is 14.4. The molecule has 0 saturated carbocycles. The maximum atomic E-state index is 12.5. The number of ether oxygens (including phenoxy) is 3. The Labute approximate surface area is 149 Å². The number of nitrogens with zero attached hydrogens (tertiary/aromatic N) is 1. The number of phenolic OH excluding ortho intramolecular Hbond substituents is 1. The summed E-state index contributed by atoms with van der Waals surface area (Å²) < 4.78 is 15.3. The van der Waals surface area contributed by atoms with Gasteiger partial charge in [0.2, 0.25) is 5.75 Å². The van der Waals surface area contributed by atoms with E-state index in [1.165, 1.54) is 63.8 Å². The first kappa shape index (κ1) is 18.8. The van der Waals surface area contributed by atoms with Crippen LogP contribution in [-0.4, -0.2) is 37.1 Å². The lowest BCUT2D eigenvalue weighted by Gasteiger charge is -2.15. The third-order valence-corrected chi connectivity index (χ3v) is 3.61. The van der Waals surface area contributed by atoms with Gasteiger partial charge in [0, 0.05) is 18.2 Å². The van der Waals surface area contributed by atoms with E-state index < -0.39 is 16.5 Å². The van der Waals surface area contributed by atoms with Crippen LogP contribution in [0.3, 0.4) is 0 Å². The molecule has 8 heteroatoms. The molecule has 0 aliphatic rings. The maximum Gasteiger partial charge on any atom is 0.269 e. The quantitative estimate of drug-likeness (QED) is 0.350. The Kier molecular flexibility index (Phi) is 5.79. The molecule has 1 N–H and O–H groups in total. The summed E-state index contributed by atoms with van der Waals surface area (Å²) in [5.41, 5.74) is 0.457. The van der Waals surface area contributed by atoms with Crippen LogP contribution in [0.4, 0.5) is 5.69 Å². The molecule has 8 nitrogen and oxygen atoms in total. The van der Waals surface area contributed by atoms with Crippen molar-refractivity contribution in [3.8, 4) is 23.0 Å². The van der Waals surface area contributed by atoms with Crippen LogP contribution >= 0.6 is 0 Å². The molecule has 0 atom stereocenters. The molecule has 0 radical (unpaired) electrons. The second kappa shape index (κ2) is 8.02. The highest BCUT2D eigenvalue weighted by Crippen LogP contribution is 2.44. The predicted octanol–water partition coefficient (Wildman–Crippen LogP) is 3.22. The topological polar surface area (TPSA) is 108 Å². The molecule has 0 amide bonds. The monoisotopic (exact) mass is 359 g/mol. The van der Waals surface area contributed by atoms with Crippen LogP contribution in [0.15, 0.2) is 36.4 Å². The van der Waals surface area contributed by atoms with Gasteiger partial charge in [-0.25, -0.2) is 0 Å². The zero-order chi connectivity index (χ0) is 19.3. The largest absolute Gasteiger partial charge is 0.504 e. The van der Waals surface area contributed by atoms with Gasteiger partial charge in [-0.15, -0.1) is 0 Å². The minimum atomic E-state index is -0.529. The number of phenols is 1. The molecule has 0 saturated heterocycles. The van der Waals surface area contributed by atoms with E-state index in [0.717, 1.165) is 0 Å². The molecule has 0 unspecified atom stereocenters. The first-order valence-corrected chi connectivity index (χ1v) is 7.41. The second-order valence-electron chi connectivity index (χ2n) is 5.08. The molecule has 0 bridgehead atoms. The van der Waals surface area contributed by atoms with Gasteiger partial charge in [-0.2, -0.15) is 0 Å². The number of benzene rings is 2. The minimum Gasteiger partial charge on any atom is -0.504 e. The van der Waals surface area contributed by atoms with Crippen molar-refractivity contribution in [3.05, 3.63) is 57.6 Å². The van der Waals surface area contributed by atoms with Gasteiger partial charge in [-0.1, -0.05) is 6.08 Å². The molecule has 26 heavy (non-hydrogen) atoms. The fourth-order valence-corrected chi connectivity index (χ4v) is 2.31. The highest BCUT2D eigenvalue weighted by molar-refractivity contribution is 6.11. The van der Waals surface area contributed by atoms with Crippen molar-refractivity contribution >= 4 is 17.5 Å². The van der Waals surface area contributed by atoms with Gasteiger partial charge >= 0.3 is 0 Å². The summed E-state index contributed by atoms with van der Waals surface area (Å²) in [6.07, 6.45) is 2.70. The van der Waals surface area contributed by atoms with Crippen LogP contribution in [0.5, 0.6) is 23.0 Å². The highest BCUT2D eigenvalue weighted by Gasteiger charge is 2.23. The Morgan fingerprint density at radius 3 is 2.19 bits per heavy atom. The van der Waals surface area contributed by atoms with E-state index in [4.69, 9.17) is 14.2 Å². The third kappa shape index (κ3) is 3.75. The Morgan fingerprint density at radius 2 is 1.69 bits per heavy atom. The summed E-state index contributed by atoms with van der Waals surface area (Å²) in [6, 6.07) is 7.12. The Balaban J connectivity index is 2.38. The fraction of sp³-hybridized carbons (Fsp3) is 0.167. The lowest BCUT2D eigenvalue weighted by atomic mass is 10.0. The lowest BCUT2D eigenvalue weighted by molar-refractivity contribution is -0.384. The summed E-state index contributed by atoms with van der Waals surface area (Å²) >= 11 is 0. The summed E-state index contributed by atoms with van der Waals surface area (Å²) in [4.78, 5) is 22.7. The van der Waals surface area contributed by atoms with Crippen LogP contribution in [0.2, 0.25) is 0 Å². The number of ketones is 1. The molecular weight excluding hydrogens is 342 g/mol. The molecule has 0 heterocycles. The molecule has 2 aromatic rings. The summed E-state index contributed by atoms with van der Waals surface area (Å²) in [7, 11) is 4.09. The van der Waals surface area contributed by atoms with Crippen LogP contribution in [0.1, 0.15) is 15.9 Å².